The van der Waals surface area contributed by atoms with Gasteiger partial charge in [-0.1, -0.05) is 157 Å². The lowest BCUT2D eigenvalue weighted by Crippen LogP contribution is -2.59. The molecule has 0 unspecified atom stereocenters. The number of halogens is 2. The van der Waals surface area contributed by atoms with E-state index >= 15 is 42.7 Å². The third-order valence-corrected chi connectivity index (χ3v) is 24.1. The smallest absolute Gasteiger partial charge is 0.293 e. The fraction of sp³-hybridized carbons (Fsp3) is 0.438. The van der Waals surface area contributed by atoms with Crippen molar-refractivity contribution in [2.45, 2.75) is 179 Å². The summed E-state index contributed by atoms with van der Waals surface area (Å²) in [6.07, 6.45) is -1.53. The second kappa shape index (κ2) is 50.1. The van der Waals surface area contributed by atoms with Crippen LogP contribution in [0.4, 0.5) is 8.78 Å². The maximum atomic E-state index is 15.5. The van der Waals surface area contributed by atoms with Crippen LogP contribution in [-0.4, -0.2) is 255 Å². The minimum absolute atomic E-state index is 0.0150. The number of carbonyl (C=O) groups is 16. The molecule has 0 bridgehead atoms. The van der Waals surface area contributed by atoms with Crippen molar-refractivity contribution in [1.82, 2.24) is 61.4 Å². The summed E-state index contributed by atoms with van der Waals surface area (Å²) in [5.41, 5.74) is 8.56. The standard InChI is InChI=1S/C96H119F2N13O19S/c1-11-12-27-80-95(128)107(6)51-68(115)47-65(53-130-56-112)84(117)49-70(58(4)5)92(125)110(9)81(45-59-21-15-13-16-22-59)91(124)105-77(43-62-30-35-67(114)36-31-62)93(126)108(7)52-86(119)101-76(48-64-50-100-73-26-20-19-25-69(64)73)90(123)104-75(42-61-28-33-66(113)34-29-61)89(122)103-74(40-57(2)3)88(121)106-79(83(116)38-39-85(99)118)54-131-55-87(120)102-78(44-63-32-37-71(97)72(98)41-63)94(127)111(10)82(96(129)109(80)8)46-60-23-17-14-18-24-60/h13-26,28-37,41,50,56-58,65,70,74-82,100,113-114H,11-12,27,38-40,42-49,51-55H2,1-10H3,(H2,99,118)(H,101,119)(H,102,120)(H,103,122)(H,104,123)(H,105,124)(H,106,121)/t65-,70-,74-,75-,76-,77-,78-,79-,80-,81-,82-/m0/s1. The van der Waals surface area contributed by atoms with Gasteiger partial charge in [0, 0.05) is 128 Å². The summed E-state index contributed by atoms with van der Waals surface area (Å²) in [6.45, 7) is 6.60. The van der Waals surface area contributed by atoms with E-state index in [9.17, 15) is 53.0 Å². The number of nitrogens with one attached hydrogen (secondary N) is 7. The third kappa shape index (κ3) is 31.0. The topological polar surface area (TPSA) is 453 Å². The van der Waals surface area contributed by atoms with Gasteiger partial charge in [0.15, 0.2) is 23.2 Å². The highest BCUT2D eigenvalue weighted by atomic mass is 32.2. The van der Waals surface area contributed by atoms with E-state index in [1.165, 1.54) is 89.8 Å². The molecule has 0 radical (unpaired) electrons. The Hall–Kier alpha value is -13.2. The predicted molar refractivity (Wildman–Crippen MR) is 485 cm³/mol. The number of aromatic amines is 1. The number of primary amides is 1. The van der Waals surface area contributed by atoms with Crippen molar-refractivity contribution < 1.29 is 100 Å². The number of fused-ring (bicyclic) bond motifs is 1. The number of phenolic OH excluding ortho intramolecular Hbond substituents is 2. The van der Waals surface area contributed by atoms with E-state index in [2.05, 4.69) is 36.9 Å². The van der Waals surface area contributed by atoms with E-state index in [4.69, 9.17) is 10.5 Å². The number of unbranched alkanes of at least 4 members (excludes halogenated alkanes) is 1. The summed E-state index contributed by atoms with van der Waals surface area (Å²) in [6, 6.07) is 24.5. The molecule has 6 aromatic carbocycles. The maximum Gasteiger partial charge on any atom is 0.293 e. The summed E-state index contributed by atoms with van der Waals surface area (Å²) in [5.74, 6) is -20.1. The van der Waals surface area contributed by atoms with E-state index in [1.54, 1.807) is 119 Å². The van der Waals surface area contributed by atoms with Crippen LogP contribution in [0.2, 0.25) is 0 Å². The first-order chi connectivity index (χ1) is 62.3. The maximum absolute atomic E-state index is 15.5. The number of nitrogens with zero attached hydrogens (tertiary/aromatic N) is 5. The number of carbonyl (C=O) groups excluding carboxylic acids is 16. The third-order valence-electron chi connectivity index (χ3n) is 23.1. The molecule has 1 saturated heterocycles. The number of aromatic hydroxyl groups is 2. The second-order valence-corrected chi connectivity index (χ2v) is 35.0. The van der Waals surface area contributed by atoms with Crippen LogP contribution in [0.5, 0.6) is 11.5 Å². The Morgan fingerprint density at radius 2 is 1.03 bits per heavy atom. The molecule has 702 valence electrons. The summed E-state index contributed by atoms with van der Waals surface area (Å²) < 4.78 is 34.9. The Morgan fingerprint density at radius 1 is 0.519 bits per heavy atom. The zero-order chi connectivity index (χ0) is 95.9. The Morgan fingerprint density at radius 3 is 1.62 bits per heavy atom. The highest BCUT2D eigenvalue weighted by Crippen LogP contribution is 2.28. The molecule has 11 atom stereocenters. The summed E-state index contributed by atoms with van der Waals surface area (Å²) in [5, 5.41) is 37.8. The van der Waals surface area contributed by atoms with Crippen molar-refractivity contribution in [2.24, 2.45) is 29.4 Å². The number of thioether (sulfide) groups is 1. The van der Waals surface area contributed by atoms with Crippen molar-refractivity contribution in [3.63, 3.8) is 0 Å². The number of ether oxygens (including phenoxy) is 1. The van der Waals surface area contributed by atoms with Gasteiger partial charge in [-0.2, -0.15) is 0 Å². The van der Waals surface area contributed by atoms with Crippen LogP contribution in [0, 0.1) is 35.3 Å². The van der Waals surface area contributed by atoms with Crippen molar-refractivity contribution in [3.8, 4) is 11.5 Å². The number of benzene rings is 6. The van der Waals surface area contributed by atoms with Gasteiger partial charge in [0.2, 0.25) is 70.9 Å². The highest BCUT2D eigenvalue weighted by molar-refractivity contribution is 8.00. The van der Waals surface area contributed by atoms with E-state index in [0.717, 1.165) is 48.4 Å². The van der Waals surface area contributed by atoms with Gasteiger partial charge in [-0.05, 0) is 101 Å². The fourth-order valence-electron chi connectivity index (χ4n) is 15.6. The zero-order valence-corrected chi connectivity index (χ0v) is 76.2. The number of aromatic nitrogens is 1. The number of amides is 12. The first-order valence-electron chi connectivity index (χ1n) is 43.5. The van der Waals surface area contributed by atoms with Crippen LogP contribution in [-0.2, 0) is 120 Å². The van der Waals surface area contributed by atoms with Crippen LogP contribution >= 0.6 is 11.8 Å². The molecule has 32 nitrogen and oxygen atoms in total. The lowest BCUT2D eigenvalue weighted by molar-refractivity contribution is -0.151. The number of phenols is 2. The monoisotopic (exact) mass is 1830 g/mol. The van der Waals surface area contributed by atoms with Crippen molar-refractivity contribution in [1.29, 1.82) is 0 Å². The summed E-state index contributed by atoms with van der Waals surface area (Å²) in [7, 11) is 6.54. The molecule has 12 amide bonds. The lowest BCUT2D eigenvalue weighted by atomic mass is 9.84. The summed E-state index contributed by atoms with van der Waals surface area (Å²) in [4.78, 5) is 244. The van der Waals surface area contributed by atoms with Gasteiger partial charge >= 0.3 is 0 Å². The van der Waals surface area contributed by atoms with Crippen LogP contribution in [0.15, 0.2) is 158 Å². The molecule has 1 fully saturated rings. The highest BCUT2D eigenvalue weighted by Gasteiger charge is 2.42. The normalized spacial score (nSPS) is 21.9. The molecule has 8 rings (SSSR count). The van der Waals surface area contributed by atoms with Crippen LogP contribution in [0.25, 0.3) is 10.9 Å². The molecule has 1 aliphatic rings. The zero-order valence-electron chi connectivity index (χ0n) is 75.3. The van der Waals surface area contributed by atoms with Crippen LogP contribution in [0.1, 0.15) is 119 Å². The SMILES string of the molecule is CCCC[C@H]1C(=O)N(C)CC(=O)C[C@@H](COC=O)C(=O)C[C@@H](C(C)C)C(=O)N(C)[C@@H](Cc2ccccc2)C(=O)N[C@@H](Cc2ccc(O)cc2)C(=O)N(C)CC(=O)N[C@@H](Cc2c[nH]c3ccccc23)C(=O)N[C@@H](Cc2ccc(O)cc2)C(=O)N[C@@H](CC(C)C)C(=O)N[C@H](C(=O)CCC(N)=O)CSCC(=O)N[C@@H](Cc2ccc(F)c(F)c2)C(=O)N(C)[C@@H](Cc2ccccc2)C(=O)N1C. The molecule has 11 N–H and O–H groups in total. The van der Waals surface area contributed by atoms with E-state index < -0.39 is 235 Å². The second-order valence-electron chi connectivity index (χ2n) is 34.0. The van der Waals surface area contributed by atoms with Crippen molar-refractivity contribution in [3.05, 3.63) is 203 Å². The van der Waals surface area contributed by atoms with Gasteiger partial charge in [0.25, 0.3) is 6.47 Å². The average molecular weight is 1830 g/mol. The number of hydrogen-bond donors (Lipinski definition) is 10. The first-order valence-corrected chi connectivity index (χ1v) is 44.7. The number of H-pyrrole nitrogens is 1. The largest absolute Gasteiger partial charge is 0.508 e. The fourth-order valence-corrected chi connectivity index (χ4v) is 16.5. The molecule has 7 aromatic rings. The van der Waals surface area contributed by atoms with Gasteiger partial charge in [-0.15, -0.1) is 11.8 Å². The van der Waals surface area contributed by atoms with Crippen molar-refractivity contribution >= 4 is 117 Å². The van der Waals surface area contributed by atoms with E-state index in [-0.39, 0.29) is 74.4 Å². The molecule has 0 saturated carbocycles. The van der Waals surface area contributed by atoms with Crippen molar-refractivity contribution in [2.75, 3.05) is 66.4 Å². The molecule has 35 heteroatoms. The molecular weight excluding hydrogens is 1710 g/mol. The molecule has 2 heterocycles. The number of Topliss-reactive ketones (excluding diaryl/α,β-unsaturated/α-hetero) is 3. The number of ketones is 3. The summed E-state index contributed by atoms with van der Waals surface area (Å²) >= 11 is 0.777. The minimum atomic E-state index is -1.67. The van der Waals surface area contributed by atoms with E-state index in [1.807, 2.05) is 6.92 Å². The number of likely N-dealkylation sites (N-methyl/N-ethyl adjacent to an activating group) is 5. The van der Waals surface area contributed by atoms with Gasteiger partial charge < -0.3 is 82.1 Å². The number of rotatable bonds is 25. The first kappa shape index (κ1) is 103. The molecule has 1 aromatic heterocycles. The molecular formula is C96H119F2N13O19S. The molecule has 1 aliphatic heterocycles. The van der Waals surface area contributed by atoms with Gasteiger partial charge in [-0.25, -0.2) is 8.78 Å². The lowest BCUT2D eigenvalue weighted by Gasteiger charge is -2.37. The molecule has 131 heavy (non-hydrogen) atoms. The molecule has 0 spiro atoms. The average Bonchev–Trinajstić information content (AvgIpc) is 1.50. The number of para-hydroxylation sites is 1. The number of hydrogen-bond acceptors (Lipinski definition) is 20. The van der Waals surface area contributed by atoms with Crippen LogP contribution < -0.4 is 37.6 Å². The number of nitrogens with two attached hydrogens (primary N) is 1. The quantitative estimate of drug-likeness (QED) is 0.0306. The van der Waals surface area contributed by atoms with Gasteiger partial charge in [0.1, 0.15) is 72.2 Å². The minimum Gasteiger partial charge on any atom is -0.508 e. The Balaban J connectivity index is 1.22. The Labute approximate surface area is 764 Å². The van der Waals surface area contributed by atoms with Gasteiger partial charge in [0.05, 0.1) is 30.8 Å². The Bertz CT molecular complexity index is 5160. The predicted octanol–water partition coefficient (Wildman–Crippen LogP) is 5.72. The van der Waals surface area contributed by atoms with Crippen LogP contribution in [0.3, 0.4) is 0 Å². The van der Waals surface area contributed by atoms with E-state index in [0.29, 0.717) is 51.6 Å². The molecule has 0 aliphatic carbocycles. The Kier molecular flexibility index (Phi) is 39.5. The van der Waals surface area contributed by atoms with Gasteiger partial charge in [-0.3, -0.25) is 76.7 Å².